The number of hydrogen-bond donors (Lipinski definition) is 0. The molecule has 30 heavy (non-hydrogen) atoms. The number of rotatable bonds is 6. The van der Waals surface area contributed by atoms with Gasteiger partial charge >= 0.3 is 0 Å². The minimum absolute atomic E-state index is 0.162. The first kappa shape index (κ1) is 18.6. The molecule has 6 nitrogen and oxygen atoms in total. The highest BCUT2D eigenvalue weighted by molar-refractivity contribution is 8.03. The Morgan fingerprint density at radius 1 is 0.900 bits per heavy atom. The summed E-state index contributed by atoms with van der Waals surface area (Å²) in [5.74, 6) is 1.90. The van der Waals surface area contributed by atoms with Crippen molar-refractivity contribution in [2.24, 2.45) is 0 Å². The van der Waals surface area contributed by atoms with E-state index in [1.165, 1.54) is 16.7 Å². The molecular weight excluding hydrogens is 402 g/mol. The summed E-state index contributed by atoms with van der Waals surface area (Å²) in [7, 11) is 0. The minimum atomic E-state index is -0.300. The van der Waals surface area contributed by atoms with Crippen molar-refractivity contribution in [3.63, 3.8) is 0 Å². The summed E-state index contributed by atoms with van der Waals surface area (Å²) in [6.45, 7) is 0.336. The lowest BCUT2D eigenvalue weighted by atomic mass is 10.1. The van der Waals surface area contributed by atoms with E-state index < -0.39 is 0 Å². The van der Waals surface area contributed by atoms with E-state index in [0.29, 0.717) is 27.7 Å². The summed E-state index contributed by atoms with van der Waals surface area (Å²) in [5.41, 5.74) is 1.95. The molecule has 3 aromatic rings. The van der Waals surface area contributed by atoms with Crippen LogP contribution in [0.3, 0.4) is 0 Å². The first-order chi connectivity index (χ1) is 14.7. The summed E-state index contributed by atoms with van der Waals surface area (Å²) in [4.78, 5) is 28.2. The van der Waals surface area contributed by atoms with E-state index in [0.717, 1.165) is 16.9 Å². The summed E-state index contributed by atoms with van der Waals surface area (Å²) in [5, 5.41) is 0. The van der Waals surface area contributed by atoms with Crippen LogP contribution in [-0.4, -0.2) is 23.5 Å². The van der Waals surface area contributed by atoms with E-state index >= 15 is 0 Å². The predicted octanol–water partition coefficient (Wildman–Crippen LogP) is 4.22. The van der Waals surface area contributed by atoms with Gasteiger partial charge in [-0.3, -0.25) is 14.5 Å². The molecule has 0 N–H and O–H groups in total. The number of thioether (sulfide) groups is 1. The molecule has 0 bridgehead atoms. The van der Waals surface area contributed by atoms with Crippen molar-refractivity contribution in [2.75, 3.05) is 6.79 Å². The number of imide groups is 1. The van der Waals surface area contributed by atoms with Gasteiger partial charge in [0.25, 0.3) is 11.8 Å². The number of amides is 2. The molecule has 2 aliphatic rings. The van der Waals surface area contributed by atoms with Crippen molar-refractivity contribution in [1.29, 1.82) is 0 Å². The Hall–Kier alpha value is -3.45. The molecule has 2 aliphatic heterocycles. The standard InChI is InChI=1S/C23H17NO5S/c25-22-20(16-5-2-1-3-6-16)21(30-13-17-7-4-10-27-17)23(26)24(22)12-15-8-9-18-19(11-15)29-14-28-18/h1-11H,12-14H2. The number of furan rings is 1. The van der Waals surface area contributed by atoms with Gasteiger partial charge in [-0.15, -0.1) is 11.8 Å². The molecule has 0 saturated heterocycles. The van der Waals surface area contributed by atoms with Crippen molar-refractivity contribution in [1.82, 2.24) is 4.90 Å². The minimum Gasteiger partial charge on any atom is -0.468 e. The molecule has 5 rings (SSSR count). The van der Waals surface area contributed by atoms with Gasteiger partial charge < -0.3 is 13.9 Å². The van der Waals surface area contributed by atoms with Gasteiger partial charge in [0.05, 0.1) is 29.0 Å². The van der Waals surface area contributed by atoms with E-state index in [9.17, 15) is 9.59 Å². The van der Waals surface area contributed by atoms with Gasteiger partial charge in [0.2, 0.25) is 6.79 Å². The fraction of sp³-hybridized carbons (Fsp3) is 0.130. The van der Waals surface area contributed by atoms with Crippen LogP contribution in [0.4, 0.5) is 0 Å². The van der Waals surface area contributed by atoms with E-state index in [1.807, 2.05) is 42.5 Å². The van der Waals surface area contributed by atoms with Gasteiger partial charge in [-0.1, -0.05) is 36.4 Å². The molecule has 7 heteroatoms. The Balaban J connectivity index is 1.45. The Bertz CT molecular complexity index is 1140. The third kappa shape index (κ3) is 3.37. The number of ether oxygens (including phenoxy) is 2. The number of fused-ring (bicyclic) bond motifs is 1. The molecule has 1 aromatic heterocycles. The summed E-state index contributed by atoms with van der Waals surface area (Å²) < 4.78 is 16.1. The van der Waals surface area contributed by atoms with E-state index in [-0.39, 0.29) is 25.2 Å². The Morgan fingerprint density at radius 2 is 1.73 bits per heavy atom. The summed E-state index contributed by atoms with van der Waals surface area (Å²) in [6.07, 6.45) is 1.59. The van der Waals surface area contributed by atoms with Crippen molar-refractivity contribution in [2.45, 2.75) is 12.3 Å². The van der Waals surface area contributed by atoms with Crippen LogP contribution >= 0.6 is 11.8 Å². The Morgan fingerprint density at radius 3 is 2.53 bits per heavy atom. The van der Waals surface area contributed by atoms with Crippen LogP contribution in [0.2, 0.25) is 0 Å². The molecule has 2 amide bonds. The fourth-order valence-electron chi connectivity index (χ4n) is 3.45. The van der Waals surface area contributed by atoms with E-state index in [2.05, 4.69) is 0 Å². The van der Waals surface area contributed by atoms with Gasteiger partial charge in [0, 0.05) is 0 Å². The second-order valence-electron chi connectivity index (χ2n) is 6.82. The zero-order valence-electron chi connectivity index (χ0n) is 15.9. The van der Waals surface area contributed by atoms with Gasteiger partial charge in [-0.2, -0.15) is 0 Å². The van der Waals surface area contributed by atoms with Crippen LogP contribution in [0.15, 0.2) is 76.2 Å². The first-order valence-electron chi connectivity index (χ1n) is 9.40. The lowest BCUT2D eigenvalue weighted by Crippen LogP contribution is -2.30. The van der Waals surface area contributed by atoms with Crippen LogP contribution in [0.5, 0.6) is 11.5 Å². The normalized spacial score (nSPS) is 15.4. The highest BCUT2D eigenvalue weighted by atomic mass is 32.2. The molecule has 3 heterocycles. The highest BCUT2D eigenvalue weighted by Crippen LogP contribution is 2.39. The lowest BCUT2D eigenvalue weighted by Gasteiger charge is -2.15. The van der Waals surface area contributed by atoms with Gasteiger partial charge in [0.1, 0.15) is 5.76 Å². The molecule has 0 saturated carbocycles. The lowest BCUT2D eigenvalue weighted by molar-refractivity contribution is -0.137. The topological polar surface area (TPSA) is 69.0 Å². The molecule has 0 unspecified atom stereocenters. The maximum absolute atomic E-state index is 13.3. The molecule has 150 valence electrons. The molecular formula is C23H17NO5S. The van der Waals surface area contributed by atoms with E-state index in [4.69, 9.17) is 13.9 Å². The monoisotopic (exact) mass is 419 g/mol. The maximum atomic E-state index is 13.3. The third-order valence-corrected chi connectivity index (χ3v) is 6.00. The van der Waals surface area contributed by atoms with Crippen molar-refractivity contribution in [3.8, 4) is 11.5 Å². The second kappa shape index (κ2) is 7.76. The number of nitrogens with zero attached hydrogens (tertiary/aromatic N) is 1. The average molecular weight is 419 g/mol. The highest BCUT2D eigenvalue weighted by Gasteiger charge is 2.39. The molecule has 2 aromatic carbocycles. The Kier molecular flexibility index (Phi) is 4.80. The number of benzene rings is 2. The summed E-state index contributed by atoms with van der Waals surface area (Å²) >= 11 is 1.32. The van der Waals surface area contributed by atoms with Gasteiger partial charge in [0.15, 0.2) is 11.5 Å². The molecule has 0 radical (unpaired) electrons. The fourth-order valence-corrected chi connectivity index (χ4v) is 4.48. The van der Waals surface area contributed by atoms with Crippen LogP contribution in [0.1, 0.15) is 16.9 Å². The van der Waals surface area contributed by atoms with Crippen LogP contribution < -0.4 is 9.47 Å². The quantitative estimate of drug-likeness (QED) is 0.557. The average Bonchev–Trinajstić information content (AvgIpc) is 3.50. The van der Waals surface area contributed by atoms with Crippen LogP contribution in [-0.2, 0) is 21.9 Å². The van der Waals surface area contributed by atoms with Gasteiger partial charge in [-0.05, 0) is 35.4 Å². The molecule has 0 aliphatic carbocycles. The first-order valence-corrected chi connectivity index (χ1v) is 10.4. The molecule has 0 fully saturated rings. The van der Waals surface area contributed by atoms with E-state index in [1.54, 1.807) is 24.5 Å². The SMILES string of the molecule is O=C1C(SCc2ccco2)=C(c2ccccc2)C(=O)N1Cc1ccc2c(c1)OCO2. The number of carbonyl (C=O) groups is 2. The smallest absolute Gasteiger partial charge is 0.268 e. The Labute approximate surface area is 177 Å². The summed E-state index contributed by atoms with van der Waals surface area (Å²) in [6, 6.07) is 18.4. The zero-order chi connectivity index (χ0) is 20.5. The number of carbonyl (C=O) groups excluding carboxylic acids is 2. The van der Waals surface area contributed by atoms with Crippen LogP contribution in [0.25, 0.3) is 5.57 Å². The second-order valence-corrected chi connectivity index (χ2v) is 7.81. The maximum Gasteiger partial charge on any atom is 0.268 e. The number of hydrogen-bond acceptors (Lipinski definition) is 6. The predicted molar refractivity (Wildman–Crippen MR) is 111 cm³/mol. The van der Waals surface area contributed by atoms with Crippen LogP contribution in [0, 0.1) is 0 Å². The third-order valence-electron chi connectivity index (χ3n) is 4.90. The van der Waals surface area contributed by atoms with Crippen molar-refractivity contribution < 1.29 is 23.5 Å². The van der Waals surface area contributed by atoms with Gasteiger partial charge in [-0.25, -0.2) is 0 Å². The largest absolute Gasteiger partial charge is 0.468 e. The van der Waals surface area contributed by atoms with Crippen molar-refractivity contribution in [3.05, 3.63) is 88.7 Å². The van der Waals surface area contributed by atoms with Crippen molar-refractivity contribution >= 4 is 29.1 Å². The zero-order valence-corrected chi connectivity index (χ0v) is 16.7. The molecule has 0 atom stereocenters. The molecule has 0 spiro atoms.